The number of benzene rings is 1. The van der Waals surface area contributed by atoms with Crippen LogP contribution in [0.5, 0.6) is 0 Å². The zero-order valence-electron chi connectivity index (χ0n) is 11.7. The molecule has 1 aromatic rings. The molecular weight excluding hydrogens is 291 g/mol. The van der Waals surface area contributed by atoms with Crippen molar-refractivity contribution >= 4 is 28.9 Å². The smallest absolute Gasteiger partial charge is 0.247 e. The molecule has 4 rings (SSSR count). The highest BCUT2D eigenvalue weighted by molar-refractivity contribution is 6.31. The average Bonchev–Trinajstić information content (AvgIpc) is 2.49. The van der Waals surface area contributed by atoms with Gasteiger partial charge in [0.1, 0.15) is 11.9 Å². The summed E-state index contributed by atoms with van der Waals surface area (Å²) < 4.78 is 13.9. The van der Waals surface area contributed by atoms with Crippen molar-refractivity contribution in [1.82, 2.24) is 0 Å². The van der Waals surface area contributed by atoms with Gasteiger partial charge in [0.05, 0.1) is 16.4 Å². The molecule has 1 aromatic carbocycles. The van der Waals surface area contributed by atoms with E-state index in [1.165, 1.54) is 31.4 Å². The number of anilines is 2. The second-order valence-corrected chi connectivity index (χ2v) is 6.79. The van der Waals surface area contributed by atoms with Crippen LogP contribution >= 0.6 is 11.6 Å². The van der Waals surface area contributed by atoms with Gasteiger partial charge >= 0.3 is 0 Å². The standard InChI is InChI=1S/C16H18ClFN2O/c17-10-7-12-15(8-11(10)18)20-13-4-2-1-3-9(13)5-6-14(20)16(21)19-12/h7-9,13-14H,1-6H2,(H,19,21). The summed E-state index contributed by atoms with van der Waals surface area (Å²) in [5.41, 5.74) is 1.45. The molecule has 0 spiro atoms. The van der Waals surface area contributed by atoms with Crippen molar-refractivity contribution in [2.75, 3.05) is 10.2 Å². The Morgan fingerprint density at radius 3 is 2.86 bits per heavy atom. The van der Waals surface area contributed by atoms with E-state index in [0.29, 0.717) is 17.6 Å². The van der Waals surface area contributed by atoms with Gasteiger partial charge < -0.3 is 10.2 Å². The van der Waals surface area contributed by atoms with Crippen molar-refractivity contribution in [1.29, 1.82) is 0 Å². The highest BCUT2D eigenvalue weighted by Gasteiger charge is 2.44. The molecule has 0 bridgehead atoms. The largest absolute Gasteiger partial charge is 0.354 e. The van der Waals surface area contributed by atoms with E-state index in [-0.39, 0.29) is 17.0 Å². The fourth-order valence-electron chi connectivity index (χ4n) is 4.30. The number of amides is 1. The first-order valence-corrected chi connectivity index (χ1v) is 8.11. The highest BCUT2D eigenvalue weighted by Crippen LogP contribution is 2.45. The molecule has 2 fully saturated rings. The van der Waals surface area contributed by atoms with E-state index >= 15 is 0 Å². The number of piperidine rings is 1. The van der Waals surface area contributed by atoms with Crippen LogP contribution in [0.25, 0.3) is 0 Å². The van der Waals surface area contributed by atoms with Gasteiger partial charge in [-0.25, -0.2) is 4.39 Å². The maximum Gasteiger partial charge on any atom is 0.247 e. The topological polar surface area (TPSA) is 32.3 Å². The Kier molecular flexibility index (Phi) is 3.10. The van der Waals surface area contributed by atoms with Crippen molar-refractivity contribution in [3.63, 3.8) is 0 Å². The third kappa shape index (κ3) is 2.03. The molecular formula is C16H18ClFN2O. The molecule has 3 atom stereocenters. The van der Waals surface area contributed by atoms with Crippen molar-refractivity contribution in [3.8, 4) is 0 Å². The maximum atomic E-state index is 13.9. The minimum atomic E-state index is -0.414. The van der Waals surface area contributed by atoms with Gasteiger partial charge in [-0.15, -0.1) is 0 Å². The molecule has 1 saturated carbocycles. The Hall–Kier alpha value is -1.29. The zero-order chi connectivity index (χ0) is 14.6. The summed E-state index contributed by atoms with van der Waals surface area (Å²) in [6.07, 6.45) is 6.74. The number of rotatable bonds is 0. The van der Waals surface area contributed by atoms with E-state index in [4.69, 9.17) is 11.6 Å². The summed E-state index contributed by atoms with van der Waals surface area (Å²) in [6.45, 7) is 0. The molecule has 112 valence electrons. The normalized spacial score (nSPS) is 31.0. The molecule has 2 heterocycles. The highest BCUT2D eigenvalue weighted by atomic mass is 35.5. The van der Waals surface area contributed by atoms with Gasteiger partial charge in [-0.1, -0.05) is 24.4 Å². The SMILES string of the molecule is O=C1Nc2cc(Cl)c(F)cc2N2C1CCC1CCCCC12. The van der Waals surface area contributed by atoms with E-state index in [2.05, 4.69) is 10.2 Å². The summed E-state index contributed by atoms with van der Waals surface area (Å²) in [7, 11) is 0. The number of fused-ring (bicyclic) bond motifs is 5. The Morgan fingerprint density at radius 1 is 1.19 bits per heavy atom. The van der Waals surface area contributed by atoms with Crippen molar-refractivity contribution in [3.05, 3.63) is 23.0 Å². The van der Waals surface area contributed by atoms with Crippen LogP contribution in [0.1, 0.15) is 38.5 Å². The molecule has 1 amide bonds. The van der Waals surface area contributed by atoms with Crippen molar-refractivity contribution in [2.24, 2.45) is 5.92 Å². The third-order valence-corrected chi connectivity index (χ3v) is 5.54. The van der Waals surface area contributed by atoms with Gasteiger partial charge in [0, 0.05) is 12.1 Å². The van der Waals surface area contributed by atoms with E-state index in [0.717, 1.165) is 24.9 Å². The Bertz CT molecular complexity index is 606. The zero-order valence-corrected chi connectivity index (χ0v) is 12.5. The van der Waals surface area contributed by atoms with E-state index in [1.807, 2.05) is 0 Å². The van der Waals surface area contributed by atoms with E-state index < -0.39 is 5.82 Å². The van der Waals surface area contributed by atoms with Crippen molar-refractivity contribution in [2.45, 2.75) is 50.6 Å². The molecule has 5 heteroatoms. The molecule has 21 heavy (non-hydrogen) atoms. The third-order valence-electron chi connectivity index (χ3n) is 5.25. The molecule has 1 saturated heterocycles. The number of hydrogen-bond donors (Lipinski definition) is 1. The van der Waals surface area contributed by atoms with Gasteiger partial charge in [0.2, 0.25) is 5.91 Å². The molecule has 3 nitrogen and oxygen atoms in total. The van der Waals surface area contributed by atoms with Gasteiger partial charge in [0.25, 0.3) is 0 Å². The minimum absolute atomic E-state index is 0.0224. The molecule has 0 radical (unpaired) electrons. The first-order chi connectivity index (χ1) is 10.1. The molecule has 3 aliphatic rings. The molecule has 3 unspecified atom stereocenters. The van der Waals surface area contributed by atoms with Crippen LogP contribution in [-0.4, -0.2) is 18.0 Å². The molecule has 1 aliphatic carbocycles. The molecule has 2 aliphatic heterocycles. The van der Waals surface area contributed by atoms with Gasteiger partial charge in [-0.3, -0.25) is 4.79 Å². The van der Waals surface area contributed by atoms with E-state index in [1.54, 1.807) is 0 Å². The number of nitrogens with one attached hydrogen (secondary N) is 1. The number of carbonyl (C=O) groups excluding carboxylic acids is 1. The first-order valence-electron chi connectivity index (χ1n) is 7.73. The lowest BCUT2D eigenvalue weighted by Crippen LogP contribution is -2.58. The Morgan fingerprint density at radius 2 is 2.00 bits per heavy atom. The fourth-order valence-corrected chi connectivity index (χ4v) is 4.47. The van der Waals surface area contributed by atoms with Crippen LogP contribution < -0.4 is 10.2 Å². The summed E-state index contributed by atoms with van der Waals surface area (Å²) >= 11 is 5.86. The van der Waals surface area contributed by atoms with Crippen LogP contribution in [0.2, 0.25) is 5.02 Å². The lowest BCUT2D eigenvalue weighted by molar-refractivity contribution is -0.118. The Labute approximate surface area is 128 Å². The van der Waals surface area contributed by atoms with Crippen LogP contribution in [-0.2, 0) is 4.79 Å². The quantitative estimate of drug-likeness (QED) is 0.787. The second kappa shape index (κ2) is 4.87. The van der Waals surface area contributed by atoms with Gasteiger partial charge in [0.15, 0.2) is 0 Å². The number of carbonyl (C=O) groups is 1. The van der Waals surface area contributed by atoms with Crippen LogP contribution in [0, 0.1) is 11.7 Å². The lowest BCUT2D eigenvalue weighted by atomic mass is 9.75. The van der Waals surface area contributed by atoms with Gasteiger partial charge in [-0.2, -0.15) is 0 Å². The fraction of sp³-hybridized carbons (Fsp3) is 0.562. The van der Waals surface area contributed by atoms with Crippen LogP contribution in [0.4, 0.5) is 15.8 Å². The van der Waals surface area contributed by atoms with Crippen LogP contribution in [0.3, 0.4) is 0 Å². The predicted octanol–water partition coefficient (Wildman–Crippen LogP) is 3.96. The lowest BCUT2D eigenvalue weighted by Gasteiger charge is -2.51. The molecule has 0 aromatic heterocycles. The second-order valence-electron chi connectivity index (χ2n) is 6.39. The van der Waals surface area contributed by atoms with E-state index in [9.17, 15) is 9.18 Å². The minimum Gasteiger partial charge on any atom is -0.354 e. The van der Waals surface area contributed by atoms with Crippen molar-refractivity contribution < 1.29 is 9.18 Å². The van der Waals surface area contributed by atoms with Crippen LogP contribution in [0.15, 0.2) is 12.1 Å². The summed E-state index contributed by atoms with van der Waals surface area (Å²) in [4.78, 5) is 14.6. The summed E-state index contributed by atoms with van der Waals surface area (Å²) in [5, 5.41) is 2.95. The number of hydrogen-bond acceptors (Lipinski definition) is 2. The predicted molar refractivity (Wildman–Crippen MR) is 81.3 cm³/mol. The first kappa shape index (κ1) is 13.4. The monoisotopic (exact) mass is 308 g/mol. The summed E-state index contributed by atoms with van der Waals surface area (Å²) in [5.74, 6) is 0.241. The maximum absolute atomic E-state index is 13.9. The average molecular weight is 309 g/mol. The Balaban J connectivity index is 1.82. The summed E-state index contributed by atoms with van der Waals surface area (Å²) in [6, 6.07) is 3.23. The van der Waals surface area contributed by atoms with Gasteiger partial charge in [-0.05, 0) is 37.7 Å². The number of halogens is 2. The molecule has 1 N–H and O–H groups in total. The number of nitrogens with zero attached hydrogens (tertiary/aromatic N) is 1.